The van der Waals surface area contributed by atoms with Crippen molar-refractivity contribution < 1.29 is 43.0 Å². The summed E-state index contributed by atoms with van der Waals surface area (Å²) in [7, 11) is 3.65. The number of esters is 3. The van der Waals surface area contributed by atoms with Crippen LogP contribution >= 0.6 is 0 Å². The first-order valence-electron chi connectivity index (χ1n) is 14.7. The first-order chi connectivity index (χ1) is 22.5. The minimum absolute atomic E-state index is 0.0238. The topological polar surface area (TPSA) is 182 Å². The summed E-state index contributed by atoms with van der Waals surface area (Å²) in [4.78, 5) is 79.2. The summed E-state index contributed by atoms with van der Waals surface area (Å²) in [6.45, 7) is 3.35. The SMILES string of the molecule is COC(=O)CC[C@H](NC(=O)c1c(C)[nH]c(C=C2C(=O)Nc3ccc(C(=O)N[C@@H](Cc4ccccc4)C(=O)OC)cc32)c1C)C(=O)OC. The molecular formula is C34H36N4O9. The van der Waals surface area contributed by atoms with Gasteiger partial charge in [-0.15, -0.1) is 0 Å². The van der Waals surface area contributed by atoms with Crippen LogP contribution in [0.4, 0.5) is 5.69 Å². The number of benzene rings is 2. The van der Waals surface area contributed by atoms with E-state index in [1.54, 1.807) is 38.1 Å². The molecule has 1 aliphatic rings. The average Bonchev–Trinajstić information content (AvgIpc) is 3.54. The maximum absolute atomic E-state index is 13.3. The lowest BCUT2D eigenvalue weighted by molar-refractivity contribution is -0.145. The molecular weight excluding hydrogens is 608 g/mol. The van der Waals surface area contributed by atoms with Gasteiger partial charge in [-0.25, -0.2) is 9.59 Å². The Morgan fingerprint density at radius 1 is 0.851 bits per heavy atom. The summed E-state index contributed by atoms with van der Waals surface area (Å²) in [5.41, 5.74) is 3.91. The van der Waals surface area contributed by atoms with E-state index in [1.807, 2.05) is 30.3 Å². The number of nitrogens with one attached hydrogen (secondary N) is 4. The van der Waals surface area contributed by atoms with Gasteiger partial charge in [-0.1, -0.05) is 30.3 Å². The van der Waals surface area contributed by atoms with Gasteiger partial charge in [0.15, 0.2) is 0 Å². The zero-order valence-electron chi connectivity index (χ0n) is 26.6. The average molecular weight is 645 g/mol. The Morgan fingerprint density at radius 2 is 1.51 bits per heavy atom. The van der Waals surface area contributed by atoms with Crippen LogP contribution in [0.25, 0.3) is 11.6 Å². The summed E-state index contributed by atoms with van der Waals surface area (Å²) in [5, 5.41) is 8.13. The molecule has 0 unspecified atom stereocenters. The van der Waals surface area contributed by atoms with Crippen molar-refractivity contribution in [3.8, 4) is 0 Å². The van der Waals surface area contributed by atoms with Crippen molar-refractivity contribution in [1.82, 2.24) is 15.6 Å². The highest BCUT2D eigenvalue weighted by atomic mass is 16.5. The molecule has 0 aliphatic carbocycles. The molecule has 1 aromatic heterocycles. The van der Waals surface area contributed by atoms with Crippen LogP contribution < -0.4 is 16.0 Å². The largest absolute Gasteiger partial charge is 0.469 e. The maximum Gasteiger partial charge on any atom is 0.328 e. The van der Waals surface area contributed by atoms with Gasteiger partial charge in [-0.05, 0) is 55.7 Å². The number of hydrogen-bond donors (Lipinski definition) is 4. The zero-order chi connectivity index (χ0) is 34.2. The molecule has 0 radical (unpaired) electrons. The number of anilines is 1. The molecule has 4 rings (SSSR count). The standard InChI is InChI=1S/C34H36N4O9/c1-18-26(35-19(2)29(18)32(42)37-25(33(43)46-4)13-14-28(39)45-3)17-23-22-16-21(11-12-24(22)36-31(23)41)30(40)38-27(34(44)47-5)15-20-9-7-6-8-10-20/h6-12,16-17,25,27,35H,13-15H2,1-5H3,(H,36,41)(H,37,42)(H,38,40)/t25-,27-/m0/s1. The molecule has 246 valence electrons. The van der Waals surface area contributed by atoms with Gasteiger partial charge in [-0.3, -0.25) is 19.2 Å². The lowest BCUT2D eigenvalue weighted by Gasteiger charge is -2.17. The van der Waals surface area contributed by atoms with Gasteiger partial charge in [0.25, 0.3) is 17.7 Å². The van der Waals surface area contributed by atoms with Crippen LogP contribution in [0.15, 0.2) is 48.5 Å². The fourth-order valence-corrected chi connectivity index (χ4v) is 5.29. The van der Waals surface area contributed by atoms with E-state index in [2.05, 4.69) is 25.7 Å². The summed E-state index contributed by atoms with van der Waals surface area (Å²) in [6.07, 6.45) is 1.67. The Hall–Kier alpha value is -5.72. The molecule has 0 saturated heterocycles. The number of fused-ring (bicyclic) bond motifs is 1. The van der Waals surface area contributed by atoms with Gasteiger partial charge in [0.1, 0.15) is 12.1 Å². The summed E-state index contributed by atoms with van der Waals surface area (Å²) in [6, 6.07) is 11.9. The Labute approximate surface area is 271 Å². The van der Waals surface area contributed by atoms with Gasteiger partial charge in [0.2, 0.25) is 0 Å². The molecule has 0 fully saturated rings. The summed E-state index contributed by atoms with van der Waals surface area (Å²) >= 11 is 0. The van der Waals surface area contributed by atoms with Crippen molar-refractivity contribution >= 4 is 53.0 Å². The molecule has 2 atom stereocenters. The number of carbonyl (C=O) groups is 6. The van der Waals surface area contributed by atoms with Crippen molar-refractivity contribution in [3.05, 3.63) is 87.7 Å². The number of hydrogen-bond acceptors (Lipinski definition) is 9. The van der Waals surface area contributed by atoms with Crippen LogP contribution in [0.1, 0.15) is 61.6 Å². The highest BCUT2D eigenvalue weighted by Crippen LogP contribution is 2.35. The van der Waals surface area contributed by atoms with Gasteiger partial charge < -0.3 is 35.1 Å². The van der Waals surface area contributed by atoms with Crippen LogP contribution in [-0.2, 0) is 39.8 Å². The summed E-state index contributed by atoms with van der Waals surface area (Å²) < 4.78 is 14.3. The van der Waals surface area contributed by atoms with E-state index in [-0.39, 0.29) is 36.0 Å². The Balaban J connectivity index is 1.58. The third-order valence-electron chi connectivity index (χ3n) is 7.79. The van der Waals surface area contributed by atoms with Crippen molar-refractivity contribution in [1.29, 1.82) is 0 Å². The van der Waals surface area contributed by atoms with E-state index in [9.17, 15) is 28.8 Å². The normalized spacial score (nSPS) is 14.0. The van der Waals surface area contributed by atoms with E-state index in [0.717, 1.165) is 5.56 Å². The first-order valence-corrected chi connectivity index (χ1v) is 14.7. The van der Waals surface area contributed by atoms with Crippen molar-refractivity contribution in [2.45, 2.75) is 45.2 Å². The van der Waals surface area contributed by atoms with Crippen molar-refractivity contribution in [2.24, 2.45) is 0 Å². The highest BCUT2D eigenvalue weighted by molar-refractivity contribution is 6.35. The highest BCUT2D eigenvalue weighted by Gasteiger charge is 2.30. The third-order valence-corrected chi connectivity index (χ3v) is 7.79. The lowest BCUT2D eigenvalue weighted by atomic mass is 10.0. The molecule has 0 saturated carbocycles. The Kier molecular flexibility index (Phi) is 10.9. The van der Waals surface area contributed by atoms with Crippen LogP contribution in [0.5, 0.6) is 0 Å². The van der Waals surface area contributed by atoms with Gasteiger partial charge >= 0.3 is 17.9 Å². The van der Waals surface area contributed by atoms with Gasteiger partial charge in [-0.2, -0.15) is 0 Å². The quantitative estimate of drug-likeness (QED) is 0.131. The van der Waals surface area contributed by atoms with E-state index >= 15 is 0 Å². The molecule has 4 N–H and O–H groups in total. The molecule has 47 heavy (non-hydrogen) atoms. The molecule has 1 aliphatic heterocycles. The fourth-order valence-electron chi connectivity index (χ4n) is 5.29. The second kappa shape index (κ2) is 15.0. The number of carbonyl (C=O) groups excluding carboxylic acids is 6. The molecule has 13 heteroatoms. The molecule has 3 aromatic rings. The van der Waals surface area contributed by atoms with Gasteiger partial charge in [0.05, 0.1) is 32.5 Å². The monoisotopic (exact) mass is 644 g/mol. The molecule has 0 spiro atoms. The Morgan fingerprint density at radius 3 is 2.17 bits per heavy atom. The second-order valence-electron chi connectivity index (χ2n) is 10.8. The Bertz CT molecular complexity index is 1740. The maximum atomic E-state index is 13.3. The van der Waals surface area contributed by atoms with Crippen molar-refractivity contribution in [3.63, 3.8) is 0 Å². The number of aromatic nitrogens is 1. The molecule has 2 aromatic carbocycles. The number of aryl methyl sites for hydroxylation is 1. The molecule has 0 bridgehead atoms. The molecule has 2 heterocycles. The van der Waals surface area contributed by atoms with Gasteiger partial charge in [0, 0.05) is 41.0 Å². The fraction of sp³-hybridized carbons (Fsp3) is 0.294. The number of amides is 3. The lowest BCUT2D eigenvalue weighted by Crippen LogP contribution is -2.43. The molecule has 3 amide bonds. The van der Waals surface area contributed by atoms with E-state index in [0.29, 0.717) is 28.2 Å². The zero-order valence-corrected chi connectivity index (χ0v) is 26.6. The van der Waals surface area contributed by atoms with Crippen LogP contribution in [0.3, 0.4) is 0 Å². The first kappa shape index (κ1) is 34.2. The third kappa shape index (κ3) is 7.93. The smallest absolute Gasteiger partial charge is 0.328 e. The van der Waals surface area contributed by atoms with Crippen LogP contribution in [-0.4, -0.2) is 74.0 Å². The predicted molar refractivity (Wildman–Crippen MR) is 171 cm³/mol. The number of aromatic amines is 1. The number of methoxy groups -OCH3 is 3. The van der Waals surface area contributed by atoms with E-state index in [4.69, 9.17) is 9.47 Å². The number of H-pyrrole nitrogens is 1. The molecule has 13 nitrogen and oxygen atoms in total. The minimum Gasteiger partial charge on any atom is -0.469 e. The van der Waals surface area contributed by atoms with Crippen LogP contribution in [0.2, 0.25) is 0 Å². The second-order valence-corrected chi connectivity index (χ2v) is 10.8. The summed E-state index contributed by atoms with van der Waals surface area (Å²) in [5.74, 6) is -3.38. The van der Waals surface area contributed by atoms with Crippen LogP contribution in [0, 0.1) is 13.8 Å². The van der Waals surface area contributed by atoms with E-state index < -0.39 is 47.7 Å². The minimum atomic E-state index is -1.09. The predicted octanol–water partition coefficient (Wildman–Crippen LogP) is 2.86. The van der Waals surface area contributed by atoms with E-state index in [1.165, 1.54) is 21.3 Å². The number of rotatable bonds is 12. The number of ether oxygens (including phenoxy) is 3. The van der Waals surface area contributed by atoms with Crippen molar-refractivity contribution in [2.75, 3.05) is 26.6 Å².